The van der Waals surface area contributed by atoms with Crippen LogP contribution in [0.15, 0.2) is 12.1 Å². The van der Waals surface area contributed by atoms with Crippen LogP contribution in [0.2, 0.25) is 0 Å². The fraction of sp³-hybridized carbons (Fsp3) is 0.538. The summed E-state index contributed by atoms with van der Waals surface area (Å²) in [6, 6.07) is 3.76. The molecule has 2 heteroatoms. The molecule has 2 N–H and O–H groups in total. The molecule has 2 nitrogen and oxygen atoms in total. The van der Waals surface area contributed by atoms with Gasteiger partial charge in [-0.25, -0.2) is 0 Å². The minimum atomic E-state index is -0.104. The van der Waals surface area contributed by atoms with Gasteiger partial charge < -0.3 is 10.2 Å². The first-order chi connectivity index (χ1) is 7.06. The highest BCUT2D eigenvalue weighted by molar-refractivity contribution is 5.44. The van der Waals surface area contributed by atoms with Gasteiger partial charge in [0.15, 0.2) is 0 Å². The number of hydrogen-bond donors (Lipinski definition) is 2. The van der Waals surface area contributed by atoms with Gasteiger partial charge in [0.25, 0.3) is 0 Å². The number of aryl methyl sites for hydroxylation is 1. The summed E-state index contributed by atoms with van der Waals surface area (Å²) in [5, 5.41) is 18.7. The van der Waals surface area contributed by atoms with Crippen LogP contribution in [-0.4, -0.2) is 10.2 Å². The Morgan fingerprint density at radius 2 is 1.73 bits per heavy atom. The summed E-state index contributed by atoms with van der Waals surface area (Å²) in [6.45, 7) is 9.91. The summed E-state index contributed by atoms with van der Waals surface area (Å²) in [5.74, 6) is 0.522. The van der Waals surface area contributed by atoms with Crippen molar-refractivity contribution in [3.8, 4) is 5.75 Å². The van der Waals surface area contributed by atoms with Crippen molar-refractivity contribution in [3.05, 3.63) is 28.8 Å². The lowest BCUT2D eigenvalue weighted by molar-refractivity contribution is 0.275. The third kappa shape index (κ3) is 3.56. The molecule has 0 amide bonds. The van der Waals surface area contributed by atoms with Crippen LogP contribution in [-0.2, 0) is 6.61 Å². The molecule has 0 aliphatic heterocycles. The smallest absolute Gasteiger partial charge is 0.124 e. The van der Waals surface area contributed by atoms with Gasteiger partial charge in [-0.15, -0.1) is 0 Å². The van der Waals surface area contributed by atoms with Crippen molar-refractivity contribution in [1.29, 1.82) is 0 Å². The van der Waals surface area contributed by atoms with Crippen molar-refractivity contribution in [3.63, 3.8) is 0 Å². The van der Waals surface area contributed by atoms with E-state index in [-0.39, 0.29) is 18.3 Å². The first kappa shape index (κ1) is 14.0. The number of aliphatic hydroxyl groups is 1. The highest BCUT2D eigenvalue weighted by atomic mass is 16.3. The molecule has 1 aromatic carbocycles. The van der Waals surface area contributed by atoms with Gasteiger partial charge in [0.05, 0.1) is 6.61 Å². The van der Waals surface area contributed by atoms with Crippen molar-refractivity contribution >= 4 is 0 Å². The lowest BCUT2D eigenvalue weighted by Gasteiger charge is -2.12. The van der Waals surface area contributed by atoms with Gasteiger partial charge >= 0.3 is 0 Å². The molecule has 1 rings (SSSR count). The average molecular weight is 210 g/mol. The van der Waals surface area contributed by atoms with E-state index in [1.807, 2.05) is 40.7 Å². The Morgan fingerprint density at radius 3 is 2.13 bits per heavy atom. The van der Waals surface area contributed by atoms with Gasteiger partial charge in [-0.2, -0.15) is 0 Å². The highest BCUT2D eigenvalue weighted by Gasteiger charge is 2.10. The zero-order valence-corrected chi connectivity index (χ0v) is 10.3. The Morgan fingerprint density at radius 1 is 1.20 bits per heavy atom. The summed E-state index contributed by atoms with van der Waals surface area (Å²) in [5.41, 5.74) is 2.60. The summed E-state index contributed by atoms with van der Waals surface area (Å²) in [6.07, 6.45) is 0. The molecular formula is C13H22O2. The SMILES string of the molecule is CC.Cc1cc(CO)c(O)c(C(C)C)c1. The van der Waals surface area contributed by atoms with E-state index in [0.717, 1.165) is 11.1 Å². The molecule has 0 spiro atoms. The fourth-order valence-corrected chi connectivity index (χ4v) is 1.44. The number of rotatable bonds is 2. The molecule has 0 aliphatic rings. The highest BCUT2D eigenvalue weighted by Crippen LogP contribution is 2.30. The minimum absolute atomic E-state index is 0.104. The lowest BCUT2D eigenvalue weighted by atomic mass is 9.97. The van der Waals surface area contributed by atoms with Gasteiger partial charge in [0.2, 0.25) is 0 Å². The molecule has 0 atom stereocenters. The van der Waals surface area contributed by atoms with Crippen molar-refractivity contribution in [1.82, 2.24) is 0 Å². The van der Waals surface area contributed by atoms with Crippen LogP contribution in [0.1, 0.15) is 50.3 Å². The zero-order valence-electron chi connectivity index (χ0n) is 10.3. The molecule has 86 valence electrons. The van der Waals surface area contributed by atoms with Crippen LogP contribution in [0.3, 0.4) is 0 Å². The maximum absolute atomic E-state index is 9.72. The minimum Gasteiger partial charge on any atom is -0.507 e. The average Bonchev–Trinajstić information content (AvgIpc) is 2.23. The first-order valence-electron chi connectivity index (χ1n) is 5.49. The van der Waals surface area contributed by atoms with Crippen LogP contribution in [0, 0.1) is 6.92 Å². The third-order valence-corrected chi connectivity index (χ3v) is 2.16. The lowest BCUT2D eigenvalue weighted by Crippen LogP contribution is -1.94. The van der Waals surface area contributed by atoms with E-state index in [2.05, 4.69) is 0 Å². The Bertz CT molecular complexity index is 304. The van der Waals surface area contributed by atoms with E-state index in [1.54, 1.807) is 6.07 Å². The predicted octanol–water partition coefficient (Wildman–Crippen LogP) is 3.34. The van der Waals surface area contributed by atoms with Crippen LogP contribution in [0.4, 0.5) is 0 Å². The molecule has 0 saturated carbocycles. The maximum Gasteiger partial charge on any atom is 0.124 e. The second-order valence-electron chi connectivity index (χ2n) is 3.67. The molecule has 0 aromatic heterocycles. The van der Waals surface area contributed by atoms with E-state index in [9.17, 15) is 5.11 Å². The molecule has 0 fully saturated rings. The Labute approximate surface area is 92.6 Å². The van der Waals surface area contributed by atoms with Gasteiger partial charge in [-0.1, -0.05) is 45.4 Å². The summed E-state index contributed by atoms with van der Waals surface area (Å²) in [7, 11) is 0. The summed E-state index contributed by atoms with van der Waals surface area (Å²) in [4.78, 5) is 0. The quantitative estimate of drug-likeness (QED) is 0.786. The Hall–Kier alpha value is -1.02. The molecule has 0 radical (unpaired) electrons. The Kier molecular flexibility index (Phi) is 6.02. The van der Waals surface area contributed by atoms with E-state index in [4.69, 9.17) is 5.11 Å². The molecular weight excluding hydrogens is 188 g/mol. The van der Waals surface area contributed by atoms with Crippen molar-refractivity contribution in [2.24, 2.45) is 0 Å². The number of hydrogen-bond acceptors (Lipinski definition) is 2. The zero-order chi connectivity index (χ0) is 12.0. The normalized spacial score (nSPS) is 9.80. The number of benzene rings is 1. The van der Waals surface area contributed by atoms with E-state index >= 15 is 0 Å². The standard InChI is InChI=1S/C11H16O2.C2H6/c1-7(2)10-5-8(3)4-9(6-12)11(10)13;1-2/h4-5,7,12-13H,6H2,1-3H3;1-2H3. The van der Waals surface area contributed by atoms with Crippen molar-refractivity contribution < 1.29 is 10.2 Å². The summed E-state index contributed by atoms with van der Waals surface area (Å²) >= 11 is 0. The van der Waals surface area contributed by atoms with Gasteiger partial charge in [0.1, 0.15) is 5.75 Å². The number of phenols is 1. The first-order valence-corrected chi connectivity index (χ1v) is 5.49. The molecule has 1 aromatic rings. The predicted molar refractivity (Wildman–Crippen MR) is 64.2 cm³/mol. The van der Waals surface area contributed by atoms with Crippen molar-refractivity contribution in [2.45, 2.75) is 47.1 Å². The molecule has 0 saturated heterocycles. The number of aliphatic hydroxyl groups excluding tert-OH is 1. The maximum atomic E-state index is 9.72. The second kappa shape index (κ2) is 6.46. The fourth-order valence-electron chi connectivity index (χ4n) is 1.44. The molecule has 0 heterocycles. The van der Waals surface area contributed by atoms with E-state index < -0.39 is 0 Å². The molecule has 0 unspecified atom stereocenters. The van der Waals surface area contributed by atoms with Gasteiger partial charge in [-0.05, 0) is 18.4 Å². The van der Waals surface area contributed by atoms with Crippen molar-refractivity contribution in [2.75, 3.05) is 0 Å². The van der Waals surface area contributed by atoms with Gasteiger partial charge in [-0.3, -0.25) is 0 Å². The topological polar surface area (TPSA) is 40.5 Å². The van der Waals surface area contributed by atoms with Gasteiger partial charge in [0, 0.05) is 5.56 Å². The van der Waals surface area contributed by atoms with Crippen LogP contribution in [0.5, 0.6) is 5.75 Å². The third-order valence-electron chi connectivity index (χ3n) is 2.16. The Balaban J connectivity index is 0.000000921. The molecule has 15 heavy (non-hydrogen) atoms. The van der Waals surface area contributed by atoms with Crippen LogP contribution < -0.4 is 0 Å². The van der Waals surface area contributed by atoms with E-state index in [1.165, 1.54) is 0 Å². The van der Waals surface area contributed by atoms with Crippen LogP contribution >= 0.6 is 0 Å². The largest absolute Gasteiger partial charge is 0.507 e. The summed E-state index contributed by atoms with van der Waals surface area (Å²) < 4.78 is 0. The molecule has 0 aliphatic carbocycles. The van der Waals surface area contributed by atoms with Crippen LogP contribution in [0.25, 0.3) is 0 Å². The molecule has 0 bridgehead atoms. The van der Waals surface area contributed by atoms with E-state index in [0.29, 0.717) is 5.56 Å². The monoisotopic (exact) mass is 210 g/mol. The second-order valence-corrected chi connectivity index (χ2v) is 3.67. The number of aromatic hydroxyl groups is 1.